The highest BCUT2D eigenvalue weighted by Crippen LogP contribution is 2.20. The summed E-state index contributed by atoms with van der Waals surface area (Å²) in [7, 11) is -3.12. The van der Waals surface area contributed by atoms with Crippen LogP contribution in [-0.4, -0.2) is 62.1 Å². The molecule has 0 amide bonds. The SMILES string of the molecule is CCN(CC)C(N)=NC[C@H]1CCCN1S(C)(=O)=O. The van der Waals surface area contributed by atoms with E-state index in [0.717, 1.165) is 25.9 Å². The van der Waals surface area contributed by atoms with Gasteiger partial charge in [0.15, 0.2) is 5.96 Å². The van der Waals surface area contributed by atoms with Crippen molar-refractivity contribution in [3.63, 3.8) is 0 Å². The number of hydrogen-bond acceptors (Lipinski definition) is 3. The number of hydrogen-bond donors (Lipinski definition) is 1. The summed E-state index contributed by atoms with van der Waals surface area (Å²) < 4.78 is 24.7. The smallest absolute Gasteiger partial charge is 0.211 e. The first-order valence-electron chi connectivity index (χ1n) is 6.41. The molecule has 1 saturated heterocycles. The Balaban J connectivity index is 2.65. The summed E-state index contributed by atoms with van der Waals surface area (Å²) in [6, 6.07) is -0.0332. The third-order valence-electron chi connectivity index (χ3n) is 3.30. The maximum Gasteiger partial charge on any atom is 0.211 e. The van der Waals surface area contributed by atoms with Crippen molar-refractivity contribution in [3.05, 3.63) is 0 Å². The monoisotopic (exact) mass is 276 g/mol. The molecule has 2 N–H and O–H groups in total. The summed E-state index contributed by atoms with van der Waals surface area (Å²) in [5.41, 5.74) is 5.88. The lowest BCUT2D eigenvalue weighted by Crippen LogP contribution is -2.40. The summed E-state index contributed by atoms with van der Waals surface area (Å²) in [6.45, 7) is 6.71. The fourth-order valence-electron chi connectivity index (χ4n) is 2.27. The average molecular weight is 276 g/mol. The summed E-state index contributed by atoms with van der Waals surface area (Å²) in [5, 5.41) is 0. The van der Waals surface area contributed by atoms with Gasteiger partial charge in [-0.05, 0) is 26.7 Å². The van der Waals surface area contributed by atoms with Gasteiger partial charge in [0, 0.05) is 25.7 Å². The van der Waals surface area contributed by atoms with Crippen LogP contribution in [0.15, 0.2) is 4.99 Å². The van der Waals surface area contributed by atoms with Gasteiger partial charge in [-0.1, -0.05) is 0 Å². The van der Waals surface area contributed by atoms with Crippen LogP contribution in [0.4, 0.5) is 0 Å². The topological polar surface area (TPSA) is 79.0 Å². The fourth-order valence-corrected chi connectivity index (χ4v) is 3.45. The van der Waals surface area contributed by atoms with Gasteiger partial charge in [0.05, 0.1) is 12.8 Å². The molecule has 0 saturated carbocycles. The summed E-state index contributed by atoms with van der Waals surface area (Å²) >= 11 is 0. The number of nitrogens with two attached hydrogens (primary N) is 1. The van der Waals surface area contributed by atoms with Crippen LogP contribution >= 0.6 is 0 Å². The second-order valence-corrected chi connectivity index (χ2v) is 6.48. The van der Waals surface area contributed by atoms with E-state index < -0.39 is 10.0 Å². The van der Waals surface area contributed by atoms with Crippen LogP contribution in [0.1, 0.15) is 26.7 Å². The Bertz CT molecular complexity index is 390. The lowest BCUT2D eigenvalue weighted by Gasteiger charge is -2.23. The van der Waals surface area contributed by atoms with Crippen molar-refractivity contribution in [3.8, 4) is 0 Å². The minimum atomic E-state index is -3.12. The minimum Gasteiger partial charge on any atom is -0.370 e. The van der Waals surface area contributed by atoms with Gasteiger partial charge in [-0.25, -0.2) is 8.42 Å². The molecule has 0 aromatic carbocycles. The predicted octanol–water partition coefficient (Wildman–Crippen LogP) is 0.0669. The Kier molecular flexibility index (Phi) is 5.40. The largest absolute Gasteiger partial charge is 0.370 e. The molecule has 7 heteroatoms. The molecule has 1 fully saturated rings. The lowest BCUT2D eigenvalue weighted by atomic mass is 10.2. The van der Waals surface area contributed by atoms with Crippen LogP contribution in [0.5, 0.6) is 0 Å². The summed E-state index contributed by atoms with van der Waals surface area (Å²) in [4.78, 5) is 6.28. The van der Waals surface area contributed by atoms with Crippen LogP contribution in [0, 0.1) is 0 Å². The van der Waals surface area contributed by atoms with Crippen LogP contribution < -0.4 is 5.73 Å². The standard InChI is InChI=1S/C11H24N4O2S/c1-4-14(5-2)11(12)13-9-10-7-6-8-15(10)18(3,16)17/h10H,4-9H2,1-3H3,(H2,12,13)/t10-/m1/s1. The van der Waals surface area contributed by atoms with Gasteiger partial charge in [-0.3, -0.25) is 4.99 Å². The minimum absolute atomic E-state index is 0.0332. The van der Waals surface area contributed by atoms with E-state index in [9.17, 15) is 8.42 Å². The molecule has 0 unspecified atom stereocenters. The average Bonchev–Trinajstić information content (AvgIpc) is 2.75. The zero-order chi connectivity index (χ0) is 13.8. The van der Waals surface area contributed by atoms with E-state index in [1.54, 1.807) is 0 Å². The first kappa shape index (κ1) is 15.2. The quantitative estimate of drug-likeness (QED) is 0.569. The van der Waals surface area contributed by atoms with Gasteiger partial charge < -0.3 is 10.6 Å². The molecule has 0 aliphatic carbocycles. The van der Waals surface area contributed by atoms with E-state index in [4.69, 9.17) is 5.73 Å². The molecule has 1 aliphatic heterocycles. The van der Waals surface area contributed by atoms with E-state index in [-0.39, 0.29) is 6.04 Å². The first-order valence-corrected chi connectivity index (χ1v) is 8.26. The molecule has 0 spiro atoms. The molecule has 1 aliphatic rings. The van der Waals surface area contributed by atoms with Crippen molar-refractivity contribution in [1.29, 1.82) is 0 Å². The molecule has 6 nitrogen and oxygen atoms in total. The predicted molar refractivity (Wildman–Crippen MR) is 74.0 cm³/mol. The number of sulfonamides is 1. The number of guanidine groups is 1. The zero-order valence-electron chi connectivity index (χ0n) is 11.5. The second-order valence-electron chi connectivity index (χ2n) is 4.54. The lowest BCUT2D eigenvalue weighted by molar-refractivity contribution is 0.393. The van der Waals surface area contributed by atoms with E-state index in [0.29, 0.717) is 19.0 Å². The molecule has 106 valence electrons. The van der Waals surface area contributed by atoms with E-state index in [1.807, 2.05) is 18.7 Å². The molecule has 1 heterocycles. The Morgan fingerprint density at radius 1 is 1.44 bits per heavy atom. The normalized spacial score (nSPS) is 22.4. The second kappa shape index (κ2) is 6.38. The van der Waals surface area contributed by atoms with Crippen LogP contribution in [0.3, 0.4) is 0 Å². The number of aliphatic imine (C=N–C) groups is 1. The Hall–Kier alpha value is -0.820. The maximum absolute atomic E-state index is 11.6. The van der Waals surface area contributed by atoms with E-state index >= 15 is 0 Å². The van der Waals surface area contributed by atoms with Gasteiger partial charge in [0.1, 0.15) is 0 Å². The summed E-state index contributed by atoms with van der Waals surface area (Å²) in [5.74, 6) is 0.500. The van der Waals surface area contributed by atoms with E-state index in [1.165, 1.54) is 10.6 Å². The zero-order valence-corrected chi connectivity index (χ0v) is 12.3. The highest BCUT2D eigenvalue weighted by Gasteiger charge is 2.31. The highest BCUT2D eigenvalue weighted by molar-refractivity contribution is 7.88. The van der Waals surface area contributed by atoms with Crippen molar-refractivity contribution in [2.45, 2.75) is 32.7 Å². The van der Waals surface area contributed by atoms with Gasteiger partial charge in [-0.15, -0.1) is 0 Å². The number of rotatable bonds is 5. The van der Waals surface area contributed by atoms with Gasteiger partial charge in [0.2, 0.25) is 10.0 Å². The van der Waals surface area contributed by atoms with Crippen molar-refractivity contribution in [1.82, 2.24) is 9.21 Å². The van der Waals surface area contributed by atoms with Crippen molar-refractivity contribution < 1.29 is 8.42 Å². The summed E-state index contributed by atoms with van der Waals surface area (Å²) in [6.07, 6.45) is 3.02. The molecule has 1 rings (SSSR count). The highest BCUT2D eigenvalue weighted by atomic mass is 32.2. The first-order chi connectivity index (χ1) is 8.40. The Labute approximate surface area is 110 Å². The molecule has 0 aromatic heterocycles. The Morgan fingerprint density at radius 2 is 2.06 bits per heavy atom. The van der Waals surface area contributed by atoms with Crippen LogP contribution in [0.2, 0.25) is 0 Å². The number of nitrogens with zero attached hydrogens (tertiary/aromatic N) is 3. The Morgan fingerprint density at radius 3 is 2.56 bits per heavy atom. The van der Waals surface area contributed by atoms with Gasteiger partial charge in [0.25, 0.3) is 0 Å². The molecule has 0 radical (unpaired) electrons. The molecular formula is C11H24N4O2S. The maximum atomic E-state index is 11.6. The molecule has 0 bridgehead atoms. The third kappa shape index (κ3) is 3.84. The molecule has 1 atom stereocenters. The third-order valence-corrected chi connectivity index (χ3v) is 4.63. The molecule has 18 heavy (non-hydrogen) atoms. The van der Waals surface area contributed by atoms with Crippen LogP contribution in [-0.2, 0) is 10.0 Å². The van der Waals surface area contributed by atoms with Crippen molar-refractivity contribution in [2.75, 3.05) is 32.4 Å². The van der Waals surface area contributed by atoms with Crippen LogP contribution in [0.25, 0.3) is 0 Å². The van der Waals surface area contributed by atoms with E-state index in [2.05, 4.69) is 4.99 Å². The van der Waals surface area contributed by atoms with Crippen molar-refractivity contribution >= 4 is 16.0 Å². The molecular weight excluding hydrogens is 252 g/mol. The fraction of sp³-hybridized carbons (Fsp3) is 0.909. The van der Waals surface area contributed by atoms with Gasteiger partial charge in [-0.2, -0.15) is 4.31 Å². The van der Waals surface area contributed by atoms with Gasteiger partial charge >= 0.3 is 0 Å². The molecule has 0 aromatic rings. The van der Waals surface area contributed by atoms with Crippen molar-refractivity contribution in [2.24, 2.45) is 10.7 Å².